The summed E-state index contributed by atoms with van der Waals surface area (Å²) in [5.74, 6) is -0.938. The number of nitrogens with zero attached hydrogens (tertiary/aromatic N) is 3. The van der Waals surface area contributed by atoms with E-state index in [4.69, 9.17) is 21.1 Å². The molecule has 0 heterocycles. The van der Waals surface area contributed by atoms with Gasteiger partial charge in [0.25, 0.3) is 5.91 Å². The topological polar surface area (TPSA) is 112 Å². The molecule has 0 saturated heterocycles. The number of carbonyl (C=O) groups excluding carboxylic acids is 1. The van der Waals surface area contributed by atoms with Gasteiger partial charge in [0.05, 0.1) is 11.6 Å². The van der Waals surface area contributed by atoms with Crippen LogP contribution in [0.4, 0.5) is 0 Å². The molecule has 0 unspecified atom stereocenters. The van der Waals surface area contributed by atoms with Crippen LogP contribution in [0.3, 0.4) is 0 Å². The molecule has 0 aliphatic rings. The summed E-state index contributed by atoms with van der Waals surface area (Å²) in [6.07, 6.45) is 0. The lowest BCUT2D eigenvalue weighted by Gasteiger charge is -1.99. The zero-order valence-electron chi connectivity index (χ0n) is 8.75. The van der Waals surface area contributed by atoms with E-state index in [2.05, 4.69) is 5.16 Å². The maximum absolute atomic E-state index is 10.6. The van der Waals surface area contributed by atoms with Gasteiger partial charge in [-0.25, -0.2) is 0 Å². The van der Waals surface area contributed by atoms with Crippen LogP contribution in [-0.4, -0.2) is 11.6 Å². The van der Waals surface area contributed by atoms with Gasteiger partial charge in [-0.15, -0.1) is 0 Å². The van der Waals surface area contributed by atoms with E-state index in [1.807, 2.05) is 6.07 Å². The molecular formula is C11H8N4O2. The third-order valence-corrected chi connectivity index (χ3v) is 1.81. The highest BCUT2D eigenvalue weighted by molar-refractivity contribution is 6.44. The van der Waals surface area contributed by atoms with Gasteiger partial charge < -0.3 is 10.6 Å². The molecule has 1 amide bonds. The molecule has 0 spiro atoms. The van der Waals surface area contributed by atoms with Gasteiger partial charge in [-0.1, -0.05) is 17.3 Å². The lowest BCUT2D eigenvalue weighted by atomic mass is 10.2. The van der Waals surface area contributed by atoms with Crippen molar-refractivity contribution in [2.24, 2.45) is 10.9 Å². The van der Waals surface area contributed by atoms with Crippen molar-refractivity contribution in [2.75, 3.05) is 0 Å². The largest absolute Gasteiger partial charge is 0.390 e. The van der Waals surface area contributed by atoms with Crippen molar-refractivity contribution in [1.82, 2.24) is 0 Å². The van der Waals surface area contributed by atoms with Gasteiger partial charge in [0, 0.05) is 0 Å². The van der Waals surface area contributed by atoms with Crippen LogP contribution in [0.2, 0.25) is 0 Å². The van der Waals surface area contributed by atoms with Gasteiger partial charge in [0.1, 0.15) is 12.7 Å². The van der Waals surface area contributed by atoms with Crippen LogP contribution < -0.4 is 5.73 Å². The number of hydrogen-bond acceptors (Lipinski definition) is 5. The number of oxime groups is 1. The lowest BCUT2D eigenvalue weighted by molar-refractivity contribution is -0.112. The summed E-state index contributed by atoms with van der Waals surface area (Å²) in [4.78, 5) is 15.4. The van der Waals surface area contributed by atoms with Crippen LogP contribution >= 0.6 is 0 Å². The van der Waals surface area contributed by atoms with Gasteiger partial charge in [0.2, 0.25) is 5.71 Å². The SMILES string of the molecule is N#C/C(=N/OCc1ccc(C#N)cc1)C(N)=O. The number of primary amides is 1. The molecule has 0 fully saturated rings. The predicted octanol–water partition coefficient (Wildman–Crippen LogP) is 0.440. The monoisotopic (exact) mass is 228 g/mol. The Morgan fingerprint density at radius 1 is 1.35 bits per heavy atom. The zero-order valence-corrected chi connectivity index (χ0v) is 8.75. The third kappa shape index (κ3) is 3.65. The van der Waals surface area contributed by atoms with Gasteiger partial charge in [0.15, 0.2) is 0 Å². The van der Waals surface area contributed by atoms with Crippen LogP contribution in [0.1, 0.15) is 11.1 Å². The standard InChI is InChI=1S/C11H8N4O2/c12-5-8-1-3-9(4-2-8)7-17-15-10(6-13)11(14)16/h1-4H,7H2,(H2,14,16)/b15-10-. The van der Waals surface area contributed by atoms with E-state index in [-0.39, 0.29) is 6.61 Å². The molecule has 1 rings (SSSR count). The van der Waals surface area contributed by atoms with E-state index >= 15 is 0 Å². The molecule has 0 saturated carbocycles. The minimum atomic E-state index is -0.938. The first-order valence-electron chi connectivity index (χ1n) is 4.56. The summed E-state index contributed by atoms with van der Waals surface area (Å²) >= 11 is 0. The van der Waals surface area contributed by atoms with Crippen molar-refractivity contribution in [2.45, 2.75) is 6.61 Å². The molecule has 17 heavy (non-hydrogen) atoms. The van der Waals surface area contributed by atoms with E-state index in [1.54, 1.807) is 24.3 Å². The first-order chi connectivity index (χ1) is 8.17. The molecular weight excluding hydrogens is 220 g/mol. The molecule has 2 N–H and O–H groups in total. The summed E-state index contributed by atoms with van der Waals surface area (Å²) in [6, 6.07) is 10.1. The second kappa shape index (κ2) is 5.89. The second-order valence-electron chi connectivity index (χ2n) is 3.00. The number of benzene rings is 1. The number of nitriles is 2. The fourth-order valence-electron chi connectivity index (χ4n) is 0.967. The van der Waals surface area contributed by atoms with Crippen LogP contribution in [-0.2, 0) is 16.2 Å². The molecule has 0 radical (unpaired) electrons. The van der Waals surface area contributed by atoms with E-state index in [0.717, 1.165) is 5.56 Å². The maximum Gasteiger partial charge on any atom is 0.281 e. The summed E-state index contributed by atoms with van der Waals surface area (Å²) < 4.78 is 0. The molecule has 1 aromatic rings. The van der Waals surface area contributed by atoms with Crippen molar-refractivity contribution in [3.63, 3.8) is 0 Å². The van der Waals surface area contributed by atoms with Crippen LogP contribution in [0.25, 0.3) is 0 Å². The zero-order chi connectivity index (χ0) is 12.7. The highest BCUT2D eigenvalue weighted by atomic mass is 16.6. The third-order valence-electron chi connectivity index (χ3n) is 1.81. The summed E-state index contributed by atoms with van der Waals surface area (Å²) in [5, 5.41) is 20.3. The summed E-state index contributed by atoms with van der Waals surface area (Å²) in [5.41, 5.74) is 5.66. The molecule has 0 bridgehead atoms. The average molecular weight is 228 g/mol. The van der Waals surface area contributed by atoms with Crippen molar-refractivity contribution in [3.05, 3.63) is 35.4 Å². The molecule has 6 nitrogen and oxygen atoms in total. The fourth-order valence-corrected chi connectivity index (χ4v) is 0.967. The van der Waals surface area contributed by atoms with Crippen molar-refractivity contribution < 1.29 is 9.63 Å². The number of rotatable bonds is 4. The molecule has 0 aliphatic carbocycles. The smallest absolute Gasteiger partial charge is 0.281 e. The Bertz CT molecular complexity index is 520. The molecule has 6 heteroatoms. The maximum atomic E-state index is 10.6. The highest BCUT2D eigenvalue weighted by Crippen LogP contribution is 2.04. The summed E-state index contributed by atoms with van der Waals surface area (Å²) in [6.45, 7) is 0.0875. The molecule has 84 valence electrons. The highest BCUT2D eigenvalue weighted by Gasteiger charge is 2.05. The minimum Gasteiger partial charge on any atom is -0.390 e. The first-order valence-corrected chi connectivity index (χ1v) is 4.56. The number of hydrogen-bond donors (Lipinski definition) is 1. The summed E-state index contributed by atoms with van der Waals surface area (Å²) in [7, 11) is 0. The van der Waals surface area contributed by atoms with Gasteiger partial charge >= 0.3 is 0 Å². The molecule has 0 aromatic heterocycles. The number of nitrogens with two attached hydrogens (primary N) is 1. The molecule has 1 aromatic carbocycles. The normalized spacial score (nSPS) is 10.1. The fraction of sp³-hybridized carbons (Fsp3) is 0.0909. The first kappa shape index (κ1) is 12.2. The van der Waals surface area contributed by atoms with Crippen molar-refractivity contribution in [3.8, 4) is 12.1 Å². The number of amides is 1. The van der Waals surface area contributed by atoms with Crippen LogP contribution in [0.5, 0.6) is 0 Å². The Balaban J connectivity index is 2.60. The molecule has 0 atom stereocenters. The van der Waals surface area contributed by atoms with Crippen molar-refractivity contribution >= 4 is 11.6 Å². The van der Waals surface area contributed by atoms with Crippen molar-refractivity contribution in [1.29, 1.82) is 10.5 Å². The van der Waals surface area contributed by atoms with Crippen LogP contribution in [0, 0.1) is 22.7 Å². The second-order valence-corrected chi connectivity index (χ2v) is 3.00. The lowest BCUT2D eigenvalue weighted by Crippen LogP contribution is -2.21. The van der Waals surface area contributed by atoms with E-state index in [1.165, 1.54) is 6.07 Å². The number of carbonyl (C=O) groups is 1. The Kier molecular flexibility index (Phi) is 4.23. The molecule has 0 aliphatic heterocycles. The Morgan fingerprint density at radius 3 is 2.47 bits per heavy atom. The Labute approximate surface area is 97.5 Å². The Hall–Kier alpha value is -2.86. The van der Waals surface area contributed by atoms with Gasteiger partial charge in [-0.3, -0.25) is 4.79 Å². The minimum absolute atomic E-state index is 0.0875. The van der Waals surface area contributed by atoms with E-state index in [0.29, 0.717) is 5.56 Å². The van der Waals surface area contributed by atoms with E-state index in [9.17, 15) is 4.79 Å². The average Bonchev–Trinajstić information content (AvgIpc) is 2.35. The van der Waals surface area contributed by atoms with Gasteiger partial charge in [-0.05, 0) is 17.7 Å². The quantitative estimate of drug-likeness (QED) is 0.595. The van der Waals surface area contributed by atoms with E-state index < -0.39 is 11.6 Å². The predicted molar refractivity (Wildman–Crippen MR) is 58.2 cm³/mol. The Morgan fingerprint density at radius 2 is 2.00 bits per heavy atom. The van der Waals surface area contributed by atoms with Gasteiger partial charge in [-0.2, -0.15) is 10.5 Å². The van der Waals surface area contributed by atoms with Crippen LogP contribution in [0.15, 0.2) is 29.4 Å².